The second-order valence-electron chi connectivity index (χ2n) is 6.71. The first-order chi connectivity index (χ1) is 8.27. The number of hydrogen-bond donors (Lipinski definition) is 0. The molecule has 6 unspecified atom stereocenters. The molecule has 6 atom stereocenters. The summed E-state index contributed by atoms with van der Waals surface area (Å²) in [6.45, 7) is 0. The van der Waals surface area contributed by atoms with E-state index < -0.39 is 0 Å². The molecule has 4 aliphatic rings. The summed E-state index contributed by atoms with van der Waals surface area (Å²) in [6, 6.07) is 0. The Balaban J connectivity index is 1.79. The van der Waals surface area contributed by atoms with Gasteiger partial charge < -0.3 is 0 Å². The molecule has 0 amide bonds. The van der Waals surface area contributed by atoms with E-state index in [-0.39, 0.29) is 23.4 Å². The summed E-state index contributed by atoms with van der Waals surface area (Å²) < 4.78 is 0. The van der Waals surface area contributed by atoms with Gasteiger partial charge in [0.05, 0.1) is 0 Å². The smallest absolute Gasteiger partial charge is 0.202 e. The molecular weight excluding hydrogens is 212 g/mol. The summed E-state index contributed by atoms with van der Waals surface area (Å²) >= 11 is 0. The number of rotatable bonds is 0. The molecule has 2 nitrogen and oxygen atoms in total. The van der Waals surface area contributed by atoms with Crippen molar-refractivity contribution in [2.45, 2.75) is 44.9 Å². The maximum atomic E-state index is 12.2. The molecule has 0 aromatic heterocycles. The molecule has 92 valence electrons. The zero-order valence-electron chi connectivity index (χ0n) is 10.2. The van der Waals surface area contributed by atoms with Crippen molar-refractivity contribution in [3.05, 3.63) is 0 Å². The predicted octanol–water partition coefficient (Wildman–Crippen LogP) is 2.61. The zero-order valence-corrected chi connectivity index (χ0v) is 10.2. The van der Waals surface area contributed by atoms with Gasteiger partial charge in [0, 0.05) is 11.8 Å². The monoisotopic (exact) mass is 232 g/mol. The van der Waals surface area contributed by atoms with Crippen molar-refractivity contribution >= 4 is 11.6 Å². The van der Waals surface area contributed by atoms with Crippen molar-refractivity contribution in [2.24, 2.45) is 35.5 Å². The number of hydrogen-bond acceptors (Lipinski definition) is 2. The van der Waals surface area contributed by atoms with Crippen LogP contribution in [0.3, 0.4) is 0 Å². The van der Waals surface area contributed by atoms with Gasteiger partial charge in [-0.15, -0.1) is 0 Å². The van der Waals surface area contributed by atoms with Crippen LogP contribution in [0.15, 0.2) is 0 Å². The third-order valence-electron chi connectivity index (χ3n) is 6.16. The van der Waals surface area contributed by atoms with Gasteiger partial charge in [0.25, 0.3) is 0 Å². The second-order valence-corrected chi connectivity index (χ2v) is 6.71. The number of carbonyl (C=O) groups is 2. The van der Waals surface area contributed by atoms with E-state index in [1.54, 1.807) is 0 Å². The molecule has 0 N–H and O–H groups in total. The third kappa shape index (κ3) is 1.22. The minimum absolute atomic E-state index is 0.0171. The molecule has 0 heterocycles. The molecule has 2 heteroatoms. The molecule has 0 aromatic carbocycles. The van der Waals surface area contributed by atoms with Gasteiger partial charge in [0.2, 0.25) is 11.6 Å². The third-order valence-corrected chi connectivity index (χ3v) is 6.16. The largest absolute Gasteiger partial charge is 0.291 e. The van der Waals surface area contributed by atoms with Crippen molar-refractivity contribution in [2.75, 3.05) is 0 Å². The van der Waals surface area contributed by atoms with Gasteiger partial charge in [-0.25, -0.2) is 0 Å². The van der Waals surface area contributed by atoms with E-state index in [0.717, 1.165) is 24.7 Å². The molecule has 0 aromatic rings. The average Bonchev–Trinajstić information content (AvgIpc) is 2.73. The Bertz CT molecular complexity index is 350. The molecule has 0 spiro atoms. The van der Waals surface area contributed by atoms with Gasteiger partial charge >= 0.3 is 0 Å². The van der Waals surface area contributed by atoms with E-state index in [9.17, 15) is 9.59 Å². The number of Topliss-reactive ketones (excluding diaryl/α,β-unsaturated/α-hetero) is 2. The Labute approximate surface area is 102 Å². The minimum atomic E-state index is 0.0171. The molecule has 4 fully saturated rings. The van der Waals surface area contributed by atoms with Crippen molar-refractivity contribution in [1.29, 1.82) is 0 Å². The summed E-state index contributed by atoms with van der Waals surface area (Å²) in [4.78, 5) is 24.5. The Hall–Kier alpha value is -0.660. The van der Waals surface area contributed by atoms with Crippen LogP contribution in [-0.2, 0) is 9.59 Å². The molecule has 0 radical (unpaired) electrons. The Morgan fingerprint density at radius 1 is 0.706 bits per heavy atom. The van der Waals surface area contributed by atoms with Crippen LogP contribution in [0.25, 0.3) is 0 Å². The van der Waals surface area contributed by atoms with Crippen LogP contribution in [0.2, 0.25) is 0 Å². The molecule has 0 aliphatic heterocycles. The lowest BCUT2D eigenvalue weighted by molar-refractivity contribution is -0.152. The van der Waals surface area contributed by atoms with E-state index in [4.69, 9.17) is 0 Å². The molecule has 4 aliphatic carbocycles. The Morgan fingerprint density at radius 2 is 1.18 bits per heavy atom. The van der Waals surface area contributed by atoms with Crippen LogP contribution in [0.5, 0.6) is 0 Å². The fraction of sp³-hybridized carbons (Fsp3) is 0.867. The highest BCUT2D eigenvalue weighted by atomic mass is 16.2. The summed E-state index contributed by atoms with van der Waals surface area (Å²) in [6.07, 6.45) is 8.32. The van der Waals surface area contributed by atoms with Crippen molar-refractivity contribution in [3.8, 4) is 0 Å². The normalized spacial score (nSPS) is 52.5. The Kier molecular flexibility index (Phi) is 2.07. The number of carbonyl (C=O) groups excluding carboxylic acids is 2. The molecule has 4 rings (SSSR count). The standard InChI is InChI=1S/C15H20O2/c16-14-10-5-1-3-8-7-9-4-2-6-11(15(14)17)13(9)12(8)10/h8-13H,1-7H2. The van der Waals surface area contributed by atoms with E-state index in [1.165, 1.54) is 32.1 Å². The van der Waals surface area contributed by atoms with E-state index in [0.29, 0.717) is 11.8 Å². The zero-order chi connectivity index (χ0) is 11.6. The highest BCUT2D eigenvalue weighted by molar-refractivity contribution is 6.39. The fourth-order valence-corrected chi connectivity index (χ4v) is 5.71. The average molecular weight is 232 g/mol. The molecule has 0 saturated heterocycles. The van der Waals surface area contributed by atoms with Gasteiger partial charge in [0.1, 0.15) is 0 Å². The molecule has 0 bridgehead atoms. The van der Waals surface area contributed by atoms with Gasteiger partial charge in [-0.3, -0.25) is 9.59 Å². The van der Waals surface area contributed by atoms with Crippen LogP contribution in [0.4, 0.5) is 0 Å². The topological polar surface area (TPSA) is 34.1 Å². The minimum Gasteiger partial charge on any atom is -0.291 e. The molecule has 4 saturated carbocycles. The lowest BCUT2D eigenvalue weighted by atomic mass is 9.57. The van der Waals surface area contributed by atoms with Gasteiger partial charge in [-0.2, -0.15) is 0 Å². The molecular formula is C15H20O2. The predicted molar refractivity (Wildman–Crippen MR) is 63.3 cm³/mol. The first-order valence-corrected chi connectivity index (χ1v) is 7.35. The van der Waals surface area contributed by atoms with Crippen LogP contribution >= 0.6 is 0 Å². The maximum absolute atomic E-state index is 12.2. The summed E-state index contributed by atoms with van der Waals surface area (Å²) in [5.41, 5.74) is 0. The lowest BCUT2D eigenvalue weighted by Crippen LogP contribution is -2.50. The lowest BCUT2D eigenvalue weighted by Gasteiger charge is -2.45. The van der Waals surface area contributed by atoms with Gasteiger partial charge in [-0.1, -0.05) is 25.7 Å². The summed E-state index contributed by atoms with van der Waals surface area (Å²) in [5.74, 6) is 3.06. The number of ketones is 2. The summed E-state index contributed by atoms with van der Waals surface area (Å²) in [5, 5.41) is 0. The highest BCUT2D eigenvalue weighted by Gasteiger charge is 2.59. The van der Waals surface area contributed by atoms with E-state index in [1.807, 2.05) is 0 Å². The van der Waals surface area contributed by atoms with E-state index in [2.05, 4.69) is 0 Å². The summed E-state index contributed by atoms with van der Waals surface area (Å²) in [7, 11) is 0. The van der Waals surface area contributed by atoms with Gasteiger partial charge in [0.15, 0.2) is 0 Å². The van der Waals surface area contributed by atoms with Crippen LogP contribution in [-0.4, -0.2) is 11.6 Å². The van der Waals surface area contributed by atoms with Crippen molar-refractivity contribution in [1.82, 2.24) is 0 Å². The first-order valence-electron chi connectivity index (χ1n) is 7.35. The SMILES string of the molecule is O=C1C(=O)C2CCCC3CC4CCCC1C4C32. The Morgan fingerprint density at radius 3 is 1.65 bits per heavy atom. The second kappa shape index (κ2) is 3.43. The maximum Gasteiger partial charge on any atom is 0.202 e. The van der Waals surface area contributed by atoms with Crippen molar-refractivity contribution in [3.63, 3.8) is 0 Å². The first kappa shape index (κ1) is 10.3. The fourth-order valence-electron chi connectivity index (χ4n) is 5.71. The molecule has 17 heavy (non-hydrogen) atoms. The van der Waals surface area contributed by atoms with Crippen LogP contribution < -0.4 is 0 Å². The highest BCUT2D eigenvalue weighted by Crippen LogP contribution is 2.60. The quantitative estimate of drug-likeness (QED) is 0.602. The van der Waals surface area contributed by atoms with Crippen LogP contribution in [0.1, 0.15) is 44.9 Å². The van der Waals surface area contributed by atoms with Crippen LogP contribution in [0, 0.1) is 35.5 Å². The van der Waals surface area contributed by atoms with Crippen molar-refractivity contribution < 1.29 is 9.59 Å². The van der Waals surface area contributed by atoms with E-state index >= 15 is 0 Å². The van der Waals surface area contributed by atoms with Gasteiger partial charge in [-0.05, 0) is 42.9 Å².